The number of hydrogen-bond acceptors (Lipinski definition) is 4. The molecular weight excluding hydrogens is 292 g/mol. The first-order valence-corrected chi connectivity index (χ1v) is 6.43. The lowest BCUT2D eigenvalue weighted by Gasteiger charge is -2.06. The van der Waals surface area contributed by atoms with Crippen molar-refractivity contribution in [2.24, 2.45) is 0 Å². The Bertz CT molecular complexity index is 637. The molecule has 0 aliphatic heterocycles. The topological polar surface area (TPSA) is 50.7 Å². The van der Waals surface area contributed by atoms with Crippen LogP contribution in [0.1, 0.15) is 16.8 Å². The monoisotopic (exact) mass is 302 g/mol. The van der Waals surface area contributed by atoms with Crippen molar-refractivity contribution in [3.63, 3.8) is 0 Å². The molecule has 0 unspecified atom stereocenters. The fraction of sp³-hybridized carbons (Fsp3) is 0.154. The first-order valence-electron chi connectivity index (χ1n) is 5.64. The Labute approximate surface area is 113 Å². The van der Waals surface area contributed by atoms with E-state index in [9.17, 15) is 0 Å². The lowest BCUT2D eigenvalue weighted by Crippen LogP contribution is -1.99. The van der Waals surface area contributed by atoms with Gasteiger partial charge in [-0.1, -0.05) is 6.08 Å². The summed E-state index contributed by atoms with van der Waals surface area (Å²) >= 11 is 3.41. The summed E-state index contributed by atoms with van der Waals surface area (Å²) in [5, 5.41) is 2.96. The molecule has 2 aromatic rings. The molecule has 2 aromatic heterocycles. The number of rotatable bonds is 2. The van der Waals surface area contributed by atoms with Gasteiger partial charge >= 0.3 is 0 Å². The van der Waals surface area contributed by atoms with Crippen LogP contribution in [0.5, 0.6) is 0 Å². The van der Waals surface area contributed by atoms with Crippen molar-refractivity contribution in [1.82, 2.24) is 15.0 Å². The van der Waals surface area contributed by atoms with E-state index in [4.69, 9.17) is 0 Å². The molecule has 18 heavy (non-hydrogen) atoms. The van der Waals surface area contributed by atoms with Crippen LogP contribution in [0.15, 0.2) is 35.2 Å². The number of pyridine rings is 1. The van der Waals surface area contributed by atoms with Crippen molar-refractivity contribution in [2.45, 2.75) is 6.42 Å². The van der Waals surface area contributed by atoms with E-state index in [2.05, 4.69) is 42.3 Å². The SMILES string of the molecule is CNc1nccc(C2=CCc3cnc(Br)cc32)n1. The highest BCUT2D eigenvalue weighted by molar-refractivity contribution is 9.10. The van der Waals surface area contributed by atoms with E-state index in [1.165, 1.54) is 11.1 Å². The fourth-order valence-electron chi connectivity index (χ4n) is 2.07. The standard InChI is InChI=1S/C13H11BrN4/c1-15-13-16-5-4-11(18-13)9-3-2-8-7-17-12(14)6-10(8)9/h3-7H,2H2,1H3,(H,15,16,18). The molecule has 1 aliphatic carbocycles. The van der Waals surface area contributed by atoms with Crippen LogP contribution < -0.4 is 5.32 Å². The summed E-state index contributed by atoms with van der Waals surface area (Å²) in [6.45, 7) is 0. The molecule has 0 saturated heterocycles. The van der Waals surface area contributed by atoms with Gasteiger partial charge in [-0.15, -0.1) is 0 Å². The Morgan fingerprint density at radius 3 is 3.06 bits per heavy atom. The Kier molecular flexibility index (Phi) is 2.83. The van der Waals surface area contributed by atoms with Crippen LogP contribution in [0.4, 0.5) is 5.95 Å². The van der Waals surface area contributed by atoms with Crippen LogP contribution in [0, 0.1) is 0 Å². The van der Waals surface area contributed by atoms with E-state index in [0.717, 1.165) is 22.3 Å². The predicted octanol–water partition coefficient (Wildman–Crippen LogP) is 2.66. The highest BCUT2D eigenvalue weighted by Crippen LogP contribution is 2.32. The van der Waals surface area contributed by atoms with Crippen LogP contribution in [-0.4, -0.2) is 22.0 Å². The third-order valence-corrected chi connectivity index (χ3v) is 3.36. The Morgan fingerprint density at radius 2 is 2.22 bits per heavy atom. The molecule has 0 amide bonds. The second kappa shape index (κ2) is 4.49. The summed E-state index contributed by atoms with van der Waals surface area (Å²) in [4.78, 5) is 12.9. The first-order chi connectivity index (χ1) is 8.78. The maximum atomic E-state index is 4.48. The van der Waals surface area contributed by atoms with Gasteiger partial charge in [0.25, 0.3) is 0 Å². The van der Waals surface area contributed by atoms with Crippen molar-refractivity contribution in [1.29, 1.82) is 0 Å². The van der Waals surface area contributed by atoms with Gasteiger partial charge in [0.1, 0.15) is 4.60 Å². The highest BCUT2D eigenvalue weighted by atomic mass is 79.9. The molecule has 0 spiro atoms. The number of hydrogen-bond donors (Lipinski definition) is 1. The Balaban J connectivity index is 2.07. The van der Waals surface area contributed by atoms with E-state index >= 15 is 0 Å². The van der Waals surface area contributed by atoms with E-state index in [-0.39, 0.29) is 0 Å². The number of nitrogens with one attached hydrogen (secondary N) is 1. The second-order valence-corrected chi connectivity index (χ2v) is 4.81. The molecule has 0 saturated carbocycles. The van der Waals surface area contributed by atoms with Gasteiger partial charge in [-0.25, -0.2) is 15.0 Å². The second-order valence-electron chi connectivity index (χ2n) is 4.00. The Morgan fingerprint density at radius 1 is 1.33 bits per heavy atom. The molecule has 0 atom stereocenters. The minimum absolute atomic E-state index is 0.634. The first kappa shape index (κ1) is 11.3. The number of aromatic nitrogens is 3. The van der Waals surface area contributed by atoms with E-state index in [1.807, 2.05) is 25.4 Å². The number of nitrogens with zero attached hydrogens (tertiary/aromatic N) is 3. The third kappa shape index (κ3) is 1.90. The zero-order valence-electron chi connectivity index (χ0n) is 9.81. The zero-order chi connectivity index (χ0) is 12.5. The van der Waals surface area contributed by atoms with Crippen molar-refractivity contribution < 1.29 is 0 Å². The zero-order valence-corrected chi connectivity index (χ0v) is 11.4. The number of allylic oxidation sites excluding steroid dienone is 1. The summed E-state index contributed by atoms with van der Waals surface area (Å²) in [5.74, 6) is 0.634. The molecule has 5 heteroatoms. The molecule has 1 aliphatic rings. The summed E-state index contributed by atoms with van der Waals surface area (Å²) in [6.07, 6.45) is 6.76. The molecular formula is C13H11BrN4. The molecule has 2 heterocycles. The van der Waals surface area contributed by atoms with Crippen LogP contribution in [-0.2, 0) is 6.42 Å². The predicted molar refractivity (Wildman–Crippen MR) is 74.3 cm³/mol. The lowest BCUT2D eigenvalue weighted by molar-refractivity contribution is 1.13. The number of halogens is 1. The van der Waals surface area contributed by atoms with Gasteiger partial charge in [0.05, 0.1) is 5.69 Å². The van der Waals surface area contributed by atoms with Crippen LogP contribution in [0.3, 0.4) is 0 Å². The van der Waals surface area contributed by atoms with Gasteiger partial charge in [0.2, 0.25) is 5.95 Å². The lowest BCUT2D eigenvalue weighted by atomic mass is 10.1. The largest absolute Gasteiger partial charge is 0.357 e. The fourth-order valence-corrected chi connectivity index (χ4v) is 2.40. The minimum atomic E-state index is 0.634. The molecule has 90 valence electrons. The van der Waals surface area contributed by atoms with E-state index < -0.39 is 0 Å². The number of anilines is 1. The van der Waals surface area contributed by atoms with Gasteiger partial charge in [-0.2, -0.15) is 0 Å². The summed E-state index contributed by atoms with van der Waals surface area (Å²) in [7, 11) is 1.82. The average Bonchev–Trinajstić information content (AvgIpc) is 2.81. The normalized spacial score (nSPS) is 13.1. The van der Waals surface area contributed by atoms with Crippen molar-refractivity contribution in [3.8, 4) is 0 Å². The molecule has 4 nitrogen and oxygen atoms in total. The van der Waals surface area contributed by atoms with Crippen molar-refractivity contribution in [3.05, 3.63) is 52.0 Å². The molecule has 0 aromatic carbocycles. The van der Waals surface area contributed by atoms with E-state index in [1.54, 1.807) is 6.20 Å². The highest BCUT2D eigenvalue weighted by Gasteiger charge is 2.17. The van der Waals surface area contributed by atoms with Crippen LogP contribution in [0.2, 0.25) is 0 Å². The van der Waals surface area contributed by atoms with Crippen LogP contribution >= 0.6 is 15.9 Å². The molecule has 0 radical (unpaired) electrons. The van der Waals surface area contributed by atoms with Crippen LogP contribution in [0.25, 0.3) is 5.57 Å². The maximum absolute atomic E-state index is 4.48. The quantitative estimate of drug-likeness (QED) is 0.867. The van der Waals surface area contributed by atoms with Crippen molar-refractivity contribution >= 4 is 27.5 Å². The van der Waals surface area contributed by atoms with Gasteiger partial charge < -0.3 is 5.32 Å². The molecule has 1 N–H and O–H groups in total. The third-order valence-electron chi connectivity index (χ3n) is 2.92. The maximum Gasteiger partial charge on any atom is 0.222 e. The average molecular weight is 303 g/mol. The minimum Gasteiger partial charge on any atom is -0.357 e. The Hall–Kier alpha value is -1.75. The van der Waals surface area contributed by atoms with Gasteiger partial charge in [-0.3, -0.25) is 0 Å². The summed E-state index contributed by atoms with van der Waals surface area (Å²) in [6, 6.07) is 3.96. The van der Waals surface area contributed by atoms with Gasteiger partial charge in [0.15, 0.2) is 0 Å². The van der Waals surface area contributed by atoms with Crippen molar-refractivity contribution in [2.75, 3.05) is 12.4 Å². The van der Waals surface area contributed by atoms with Gasteiger partial charge in [0, 0.05) is 25.0 Å². The molecule has 0 fully saturated rings. The molecule has 3 rings (SSSR count). The molecule has 0 bridgehead atoms. The summed E-state index contributed by atoms with van der Waals surface area (Å²) < 4.78 is 0.844. The smallest absolute Gasteiger partial charge is 0.222 e. The van der Waals surface area contributed by atoms with E-state index in [0.29, 0.717) is 5.95 Å². The summed E-state index contributed by atoms with van der Waals surface area (Å²) in [5.41, 5.74) is 4.51. The van der Waals surface area contributed by atoms with Gasteiger partial charge in [-0.05, 0) is 45.6 Å². The number of fused-ring (bicyclic) bond motifs is 1.